The summed E-state index contributed by atoms with van der Waals surface area (Å²) in [4.78, 5) is 3.78. The van der Waals surface area contributed by atoms with Crippen molar-refractivity contribution >= 4 is 11.8 Å². The average molecular weight is 303 g/mol. The van der Waals surface area contributed by atoms with Gasteiger partial charge in [-0.2, -0.15) is 8.78 Å². The minimum Gasteiger partial charge on any atom is -0.239 e. The van der Waals surface area contributed by atoms with E-state index in [9.17, 15) is 17.6 Å². The van der Waals surface area contributed by atoms with Crippen LogP contribution in [0.5, 0.6) is 0 Å². The molecule has 2 heterocycles. The van der Waals surface area contributed by atoms with Crippen molar-refractivity contribution in [1.82, 2.24) is 14.8 Å². The molecule has 1 aliphatic rings. The number of rotatable bonds is 3. The maximum atomic E-state index is 13.9. The molecule has 20 heavy (non-hydrogen) atoms. The Labute approximate surface area is 116 Å². The Hall–Kier alpha value is -1.57. The summed E-state index contributed by atoms with van der Waals surface area (Å²) in [5, 5.41) is 3.73. The fraction of sp³-hybridized carbons (Fsp3) is 0.333. The van der Waals surface area contributed by atoms with Crippen LogP contribution in [0.4, 0.5) is 17.6 Å². The van der Waals surface area contributed by atoms with Crippen LogP contribution in [0, 0.1) is 5.82 Å². The van der Waals surface area contributed by atoms with E-state index in [0.717, 1.165) is 0 Å². The Balaban J connectivity index is 1.96. The van der Waals surface area contributed by atoms with E-state index in [1.165, 1.54) is 22.9 Å². The first kappa shape index (κ1) is 13.4. The molecule has 0 saturated heterocycles. The SMILES string of the molecule is Fc1cccc(C2CC(F)c3nc(SC(F)F)nn32)c1. The third-order valence-electron chi connectivity index (χ3n) is 3.07. The largest absolute Gasteiger partial charge is 0.291 e. The van der Waals surface area contributed by atoms with Gasteiger partial charge in [0, 0.05) is 6.42 Å². The molecule has 0 saturated carbocycles. The third-order valence-corrected chi connectivity index (χ3v) is 3.63. The summed E-state index contributed by atoms with van der Waals surface area (Å²) in [7, 11) is 0. The summed E-state index contributed by atoms with van der Waals surface area (Å²) < 4.78 is 53.0. The molecule has 0 radical (unpaired) electrons. The minimum atomic E-state index is -2.66. The van der Waals surface area contributed by atoms with Gasteiger partial charge in [-0.3, -0.25) is 0 Å². The molecule has 0 spiro atoms. The number of halogens is 4. The van der Waals surface area contributed by atoms with Gasteiger partial charge in [-0.25, -0.2) is 18.4 Å². The highest BCUT2D eigenvalue weighted by molar-refractivity contribution is 7.99. The second-order valence-electron chi connectivity index (χ2n) is 4.35. The molecule has 0 aliphatic carbocycles. The van der Waals surface area contributed by atoms with Crippen LogP contribution in [0.1, 0.15) is 30.0 Å². The molecular weight excluding hydrogens is 294 g/mol. The monoisotopic (exact) mass is 303 g/mol. The molecule has 1 aromatic carbocycles. The van der Waals surface area contributed by atoms with Gasteiger partial charge in [0.15, 0.2) is 12.0 Å². The van der Waals surface area contributed by atoms with Crippen molar-refractivity contribution in [1.29, 1.82) is 0 Å². The van der Waals surface area contributed by atoms with Crippen LogP contribution in [-0.4, -0.2) is 20.5 Å². The highest BCUT2D eigenvalue weighted by atomic mass is 32.2. The van der Waals surface area contributed by atoms with Gasteiger partial charge in [-0.05, 0) is 29.5 Å². The number of benzene rings is 1. The van der Waals surface area contributed by atoms with E-state index >= 15 is 0 Å². The highest BCUT2D eigenvalue weighted by Crippen LogP contribution is 2.40. The lowest BCUT2D eigenvalue weighted by Gasteiger charge is -2.11. The zero-order chi connectivity index (χ0) is 14.3. The molecule has 2 atom stereocenters. The average Bonchev–Trinajstić information content (AvgIpc) is 2.89. The smallest absolute Gasteiger partial charge is 0.239 e. The molecule has 0 fully saturated rings. The molecular formula is C12H9F4N3S. The molecule has 0 amide bonds. The number of alkyl halides is 3. The Morgan fingerprint density at radius 2 is 2.15 bits per heavy atom. The number of nitrogens with zero attached hydrogens (tertiary/aromatic N) is 3. The highest BCUT2D eigenvalue weighted by Gasteiger charge is 2.35. The van der Waals surface area contributed by atoms with Crippen molar-refractivity contribution in [3.8, 4) is 0 Å². The Bertz CT molecular complexity index is 631. The summed E-state index contributed by atoms with van der Waals surface area (Å²) >= 11 is 0.168. The molecule has 3 nitrogen and oxygen atoms in total. The molecule has 3 rings (SSSR count). The van der Waals surface area contributed by atoms with E-state index in [0.29, 0.717) is 5.56 Å². The van der Waals surface area contributed by atoms with E-state index in [1.807, 2.05) is 0 Å². The third kappa shape index (κ3) is 2.39. The maximum Gasteiger partial charge on any atom is 0.291 e. The summed E-state index contributed by atoms with van der Waals surface area (Å²) in [6.07, 6.45) is -1.30. The zero-order valence-corrected chi connectivity index (χ0v) is 10.8. The number of aromatic nitrogens is 3. The van der Waals surface area contributed by atoms with Crippen molar-refractivity contribution in [3.05, 3.63) is 41.5 Å². The fourth-order valence-electron chi connectivity index (χ4n) is 2.28. The van der Waals surface area contributed by atoms with Crippen LogP contribution in [-0.2, 0) is 0 Å². The van der Waals surface area contributed by atoms with Crippen LogP contribution < -0.4 is 0 Å². The predicted octanol–water partition coefficient (Wildman–Crippen LogP) is 3.74. The van der Waals surface area contributed by atoms with E-state index in [-0.39, 0.29) is 29.2 Å². The molecule has 0 N–H and O–H groups in total. The number of hydrogen-bond donors (Lipinski definition) is 0. The summed E-state index contributed by atoms with van der Waals surface area (Å²) in [5.74, 6) is -3.08. The van der Waals surface area contributed by atoms with Gasteiger partial charge in [0.2, 0.25) is 5.16 Å². The lowest BCUT2D eigenvalue weighted by Crippen LogP contribution is -2.07. The standard InChI is InChI=1S/C12H9F4N3S/c13-7-3-1-2-6(4-7)9-5-8(14)10-17-12(18-19(9)10)20-11(15)16/h1-4,8-9,11H,5H2. The lowest BCUT2D eigenvalue weighted by molar-refractivity contribution is 0.251. The van der Waals surface area contributed by atoms with Crippen LogP contribution in [0.15, 0.2) is 29.4 Å². The van der Waals surface area contributed by atoms with Gasteiger partial charge in [-0.15, -0.1) is 5.10 Å². The fourth-order valence-corrected chi connectivity index (χ4v) is 2.72. The second-order valence-corrected chi connectivity index (χ2v) is 5.31. The van der Waals surface area contributed by atoms with E-state index < -0.39 is 23.8 Å². The Morgan fingerprint density at radius 3 is 2.85 bits per heavy atom. The number of hydrogen-bond acceptors (Lipinski definition) is 3. The normalized spacial score (nSPS) is 21.4. The maximum absolute atomic E-state index is 13.9. The number of fused-ring (bicyclic) bond motifs is 1. The van der Waals surface area contributed by atoms with Crippen LogP contribution >= 0.6 is 11.8 Å². The first-order chi connectivity index (χ1) is 9.54. The molecule has 2 unspecified atom stereocenters. The zero-order valence-electron chi connectivity index (χ0n) is 10.0. The first-order valence-electron chi connectivity index (χ1n) is 5.85. The van der Waals surface area contributed by atoms with Crippen molar-refractivity contribution in [2.24, 2.45) is 0 Å². The van der Waals surface area contributed by atoms with Crippen LogP contribution in [0.25, 0.3) is 0 Å². The van der Waals surface area contributed by atoms with Crippen molar-refractivity contribution < 1.29 is 17.6 Å². The lowest BCUT2D eigenvalue weighted by atomic mass is 10.0. The van der Waals surface area contributed by atoms with Gasteiger partial charge < -0.3 is 0 Å². The molecule has 8 heteroatoms. The van der Waals surface area contributed by atoms with E-state index in [4.69, 9.17) is 0 Å². The van der Waals surface area contributed by atoms with Gasteiger partial charge in [0.1, 0.15) is 5.82 Å². The first-order valence-corrected chi connectivity index (χ1v) is 6.73. The molecule has 2 aromatic rings. The molecule has 1 aliphatic heterocycles. The molecule has 106 valence electrons. The van der Waals surface area contributed by atoms with E-state index in [2.05, 4.69) is 10.1 Å². The van der Waals surface area contributed by atoms with Crippen molar-refractivity contribution in [3.63, 3.8) is 0 Å². The van der Waals surface area contributed by atoms with Gasteiger partial charge in [-0.1, -0.05) is 12.1 Å². The van der Waals surface area contributed by atoms with Crippen LogP contribution in [0.3, 0.4) is 0 Å². The van der Waals surface area contributed by atoms with Gasteiger partial charge >= 0.3 is 0 Å². The van der Waals surface area contributed by atoms with Crippen molar-refractivity contribution in [2.45, 2.75) is 29.5 Å². The summed E-state index contributed by atoms with van der Waals surface area (Å²) in [6.45, 7) is 0. The summed E-state index contributed by atoms with van der Waals surface area (Å²) in [5.41, 5.74) is 0.546. The van der Waals surface area contributed by atoms with Crippen molar-refractivity contribution in [2.75, 3.05) is 0 Å². The predicted molar refractivity (Wildman–Crippen MR) is 64.9 cm³/mol. The second kappa shape index (κ2) is 5.08. The van der Waals surface area contributed by atoms with Gasteiger partial charge in [0.05, 0.1) is 6.04 Å². The minimum absolute atomic E-state index is 0.0161. The van der Waals surface area contributed by atoms with E-state index in [1.54, 1.807) is 6.07 Å². The topological polar surface area (TPSA) is 30.7 Å². The van der Waals surface area contributed by atoms with Crippen LogP contribution in [0.2, 0.25) is 0 Å². The Kier molecular flexibility index (Phi) is 3.41. The van der Waals surface area contributed by atoms with Gasteiger partial charge in [0.25, 0.3) is 5.76 Å². The quantitative estimate of drug-likeness (QED) is 0.639. The number of thioether (sulfide) groups is 1. The molecule has 0 bridgehead atoms. The molecule has 1 aromatic heterocycles. The summed E-state index contributed by atoms with van der Waals surface area (Å²) in [6, 6.07) is 5.22. The Morgan fingerprint density at radius 1 is 1.35 bits per heavy atom.